The van der Waals surface area contributed by atoms with Gasteiger partial charge in [-0.2, -0.15) is 0 Å². The smallest absolute Gasteiger partial charge is 0.324 e. The molecule has 258 valence electrons. The molecule has 0 radical (unpaired) electrons. The highest BCUT2D eigenvalue weighted by Crippen LogP contribution is 2.42. The molecule has 4 aromatic carbocycles. The summed E-state index contributed by atoms with van der Waals surface area (Å²) >= 11 is 0. The van der Waals surface area contributed by atoms with Gasteiger partial charge in [0, 0.05) is 17.8 Å². The molecule has 1 aliphatic rings. The van der Waals surface area contributed by atoms with Gasteiger partial charge in [0.05, 0.1) is 22.6 Å². The molecule has 0 aliphatic carbocycles. The van der Waals surface area contributed by atoms with E-state index in [9.17, 15) is 31.5 Å². The molecular formula is C36H39N3O8S2. The predicted octanol–water partition coefficient (Wildman–Crippen LogP) is 5.13. The lowest BCUT2D eigenvalue weighted by Gasteiger charge is -2.31. The Morgan fingerprint density at radius 2 is 1.49 bits per heavy atom. The second-order valence-corrected chi connectivity index (χ2v) is 15.8. The molecule has 1 aliphatic heterocycles. The molecule has 5 rings (SSSR count). The van der Waals surface area contributed by atoms with Gasteiger partial charge in [-0.1, -0.05) is 42.0 Å². The molecule has 0 saturated carbocycles. The molecule has 1 amide bonds. The number of sulfonamides is 2. The minimum absolute atomic E-state index is 0.0250. The van der Waals surface area contributed by atoms with Crippen LogP contribution >= 0.6 is 0 Å². The van der Waals surface area contributed by atoms with Crippen molar-refractivity contribution in [2.24, 2.45) is 0 Å². The number of amides is 1. The summed E-state index contributed by atoms with van der Waals surface area (Å²) < 4.78 is 64.2. The van der Waals surface area contributed by atoms with Crippen LogP contribution in [0.25, 0.3) is 0 Å². The fourth-order valence-corrected chi connectivity index (χ4v) is 9.71. The van der Waals surface area contributed by atoms with Crippen LogP contribution in [0, 0.1) is 34.6 Å². The van der Waals surface area contributed by atoms with E-state index in [0.29, 0.717) is 33.7 Å². The Morgan fingerprint density at radius 3 is 2.10 bits per heavy atom. The molecule has 0 saturated heterocycles. The van der Waals surface area contributed by atoms with Crippen molar-refractivity contribution < 1.29 is 36.3 Å². The van der Waals surface area contributed by atoms with Gasteiger partial charge < -0.3 is 14.7 Å². The lowest BCUT2D eigenvalue weighted by molar-refractivity contribution is -0.135. The number of aliphatic carboxylic acids is 1. The third-order valence-electron chi connectivity index (χ3n) is 8.45. The lowest BCUT2D eigenvalue weighted by atomic mass is 10.0. The van der Waals surface area contributed by atoms with Gasteiger partial charge in [-0.05, 0) is 105 Å². The quantitative estimate of drug-likeness (QED) is 0.217. The number of fused-ring (bicyclic) bond motifs is 1. The topological polar surface area (TPSA) is 150 Å². The van der Waals surface area contributed by atoms with Crippen molar-refractivity contribution in [3.05, 3.63) is 112 Å². The van der Waals surface area contributed by atoms with E-state index in [4.69, 9.17) is 4.74 Å². The van der Waals surface area contributed by atoms with Gasteiger partial charge in [-0.25, -0.2) is 21.6 Å². The number of carboxylic acids is 1. The Hall–Kier alpha value is -4.88. The van der Waals surface area contributed by atoms with Crippen molar-refractivity contribution >= 4 is 43.3 Å². The van der Waals surface area contributed by atoms with E-state index in [1.807, 2.05) is 13.0 Å². The summed E-state index contributed by atoms with van der Waals surface area (Å²) in [4.78, 5) is 28.0. The third kappa shape index (κ3) is 7.13. The normalized spacial score (nSPS) is 13.5. The number of carbonyl (C=O) groups excluding carboxylic acids is 1. The van der Waals surface area contributed by atoms with Crippen molar-refractivity contribution in [1.82, 2.24) is 4.72 Å². The number of ether oxygens (including phenoxy) is 1. The van der Waals surface area contributed by atoms with Crippen molar-refractivity contribution in [2.75, 3.05) is 29.4 Å². The number of benzene rings is 4. The fraction of sp³-hybridized carbons (Fsp3) is 0.278. The van der Waals surface area contributed by atoms with Crippen molar-refractivity contribution in [2.45, 2.75) is 56.9 Å². The largest absolute Gasteiger partial charge is 0.497 e. The van der Waals surface area contributed by atoms with E-state index in [0.717, 1.165) is 21.0 Å². The van der Waals surface area contributed by atoms with E-state index >= 15 is 0 Å². The Balaban J connectivity index is 1.63. The predicted molar refractivity (Wildman–Crippen MR) is 187 cm³/mol. The maximum Gasteiger partial charge on any atom is 0.324 e. The first-order valence-corrected chi connectivity index (χ1v) is 18.5. The Bertz CT molecular complexity index is 2140. The van der Waals surface area contributed by atoms with Crippen molar-refractivity contribution in [3.8, 4) is 5.75 Å². The molecule has 49 heavy (non-hydrogen) atoms. The zero-order valence-electron chi connectivity index (χ0n) is 28.1. The molecule has 13 heteroatoms. The maximum absolute atomic E-state index is 14.3. The number of aryl methyl sites for hydroxylation is 5. The molecule has 11 nitrogen and oxygen atoms in total. The van der Waals surface area contributed by atoms with Crippen LogP contribution in [0.2, 0.25) is 0 Å². The number of carboxylic acid groups (broad SMARTS) is 1. The van der Waals surface area contributed by atoms with Crippen LogP contribution in [-0.4, -0.2) is 54.0 Å². The highest BCUT2D eigenvalue weighted by Gasteiger charge is 2.38. The van der Waals surface area contributed by atoms with Crippen molar-refractivity contribution in [1.29, 1.82) is 0 Å². The average molecular weight is 706 g/mol. The second-order valence-electron chi connectivity index (χ2n) is 12.3. The van der Waals surface area contributed by atoms with Crippen LogP contribution in [-0.2, 0) is 36.1 Å². The highest BCUT2D eigenvalue weighted by molar-refractivity contribution is 7.93. The Labute approximate surface area is 287 Å². The van der Waals surface area contributed by atoms with Crippen molar-refractivity contribution in [3.63, 3.8) is 0 Å². The molecule has 2 N–H and O–H groups in total. The van der Waals surface area contributed by atoms with Crippen LogP contribution in [0.5, 0.6) is 5.75 Å². The SMILES string of the molecule is COc1cccc(C(C(=O)NS(=O)(=O)c2cc(C)cc(C)c2)N2CCc3c2cccc3N(CC(=O)O)S(=O)(=O)c2c(C)cc(C)cc2C)c1. The van der Waals surface area contributed by atoms with E-state index in [-0.39, 0.29) is 28.4 Å². The molecule has 0 bridgehead atoms. The maximum atomic E-state index is 14.3. The molecule has 0 fully saturated rings. The minimum Gasteiger partial charge on any atom is -0.497 e. The number of nitrogens with one attached hydrogen (secondary N) is 1. The van der Waals surface area contributed by atoms with Crippen LogP contribution < -0.4 is 18.7 Å². The van der Waals surface area contributed by atoms with Crippen LogP contribution in [0.3, 0.4) is 0 Å². The van der Waals surface area contributed by atoms with Gasteiger partial charge in [-0.3, -0.25) is 13.9 Å². The van der Waals surface area contributed by atoms with Gasteiger partial charge >= 0.3 is 5.97 Å². The minimum atomic E-state index is -4.37. The molecule has 1 heterocycles. The summed E-state index contributed by atoms with van der Waals surface area (Å²) in [5, 5.41) is 9.90. The van der Waals surface area contributed by atoms with E-state index in [1.165, 1.54) is 19.2 Å². The van der Waals surface area contributed by atoms with Crippen LogP contribution in [0.4, 0.5) is 11.4 Å². The van der Waals surface area contributed by atoms with E-state index in [2.05, 4.69) is 4.72 Å². The number of rotatable bonds is 11. The Morgan fingerprint density at radius 1 is 0.878 bits per heavy atom. The summed E-state index contributed by atoms with van der Waals surface area (Å²) in [6.07, 6.45) is 0.251. The number of carbonyl (C=O) groups is 2. The number of anilines is 2. The monoisotopic (exact) mass is 705 g/mol. The standard InChI is InChI=1S/C36H39N3O8S2/c1-22-15-23(2)19-29(18-22)48(43,44)37-36(42)34(27-9-7-10-28(20-27)47-6)38-14-13-30-31(38)11-8-12-32(30)39(21-33(40)41)49(45,46)35-25(4)16-24(3)17-26(35)5/h7-12,15-20,34H,13-14,21H2,1-6H3,(H,37,42)(H,40,41). The summed E-state index contributed by atoms with van der Waals surface area (Å²) in [5.74, 6) is -1.72. The summed E-state index contributed by atoms with van der Waals surface area (Å²) in [6, 6.07) is 18.6. The summed E-state index contributed by atoms with van der Waals surface area (Å²) in [5.41, 5.74) is 4.85. The van der Waals surface area contributed by atoms with Gasteiger partial charge in [0.1, 0.15) is 18.3 Å². The summed E-state index contributed by atoms with van der Waals surface area (Å²) in [6.45, 7) is 8.10. The molecule has 0 aromatic heterocycles. The zero-order valence-corrected chi connectivity index (χ0v) is 29.8. The van der Waals surface area contributed by atoms with Gasteiger partial charge in [0.15, 0.2) is 0 Å². The summed E-state index contributed by atoms with van der Waals surface area (Å²) in [7, 11) is -7.18. The lowest BCUT2D eigenvalue weighted by Crippen LogP contribution is -2.42. The van der Waals surface area contributed by atoms with E-state index in [1.54, 1.807) is 87.2 Å². The Kier molecular flexibility index (Phi) is 9.80. The second kappa shape index (κ2) is 13.6. The number of nitrogens with zero attached hydrogens (tertiary/aromatic N) is 2. The van der Waals surface area contributed by atoms with Gasteiger partial charge in [0.2, 0.25) is 0 Å². The first-order chi connectivity index (χ1) is 23.0. The number of methoxy groups -OCH3 is 1. The van der Waals surface area contributed by atoms with E-state index < -0.39 is 44.5 Å². The average Bonchev–Trinajstić information content (AvgIpc) is 3.42. The molecule has 1 atom stereocenters. The first kappa shape index (κ1) is 35.4. The van der Waals surface area contributed by atoms with Gasteiger partial charge in [0.25, 0.3) is 26.0 Å². The third-order valence-corrected chi connectivity index (χ3v) is 11.8. The number of hydrogen-bond donors (Lipinski definition) is 2. The number of hydrogen-bond acceptors (Lipinski definition) is 8. The molecule has 1 unspecified atom stereocenters. The first-order valence-electron chi connectivity index (χ1n) is 15.5. The molecular weight excluding hydrogens is 667 g/mol. The van der Waals surface area contributed by atoms with Crippen LogP contribution in [0.15, 0.2) is 82.6 Å². The molecule has 0 spiro atoms. The van der Waals surface area contributed by atoms with Gasteiger partial charge in [-0.15, -0.1) is 0 Å². The molecule has 4 aromatic rings. The zero-order chi connectivity index (χ0) is 35.8. The van der Waals surface area contributed by atoms with Crippen LogP contribution in [0.1, 0.15) is 45.0 Å². The fourth-order valence-electron chi connectivity index (χ4n) is 6.67. The highest BCUT2D eigenvalue weighted by atomic mass is 32.2.